The van der Waals surface area contributed by atoms with E-state index in [0.29, 0.717) is 32.0 Å². The third-order valence-corrected chi connectivity index (χ3v) is 3.16. The first-order chi connectivity index (χ1) is 8.97. The van der Waals surface area contributed by atoms with Gasteiger partial charge in [-0.15, -0.1) is 0 Å². The Morgan fingerprint density at radius 3 is 2.26 bits per heavy atom. The number of benzene rings is 2. The number of nitrogens with two attached hydrogens (primary N) is 1. The van der Waals surface area contributed by atoms with Crippen molar-refractivity contribution in [2.75, 3.05) is 11.1 Å². The van der Waals surface area contributed by atoms with Crippen LogP contribution in [0.5, 0.6) is 0 Å². The van der Waals surface area contributed by atoms with Crippen molar-refractivity contribution < 1.29 is 4.79 Å². The van der Waals surface area contributed by atoms with Gasteiger partial charge in [0.25, 0.3) is 5.91 Å². The number of carbonyl (C=O) groups is 1. The van der Waals surface area contributed by atoms with E-state index >= 15 is 0 Å². The fourth-order valence-electron chi connectivity index (χ4n) is 1.54. The third kappa shape index (κ3) is 3.32. The molecule has 3 N–H and O–H groups in total. The summed E-state index contributed by atoms with van der Waals surface area (Å²) in [7, 11) is 0. The van der Waals surface area contributed by atoms with Crippen LogP contribution >= 0.6 is 34.8 Å². The monoisotopic (exact) mass is 314 g/mol. The fourth-order valence-corrected chi connectivity index (χ4v) is 2.30. The minimum Gasteiger partial charge on any atom is -0.397 e. The number of rotatable bonds is 2. The van der Waals surface area contributed by atoms with Gasteiger partial charge >= 0.3 is 0 Å². The predicted octanol–water partition coefficient (Wildman–Crippen LogP) is 4.48. The van der Waals surface area contributed by atoms with Gasteiger partial charge in [-0.3, -0.25) is 4.79 Å². The molecule has 0 radical (unpaired) electrons. The van der Waals surface area contributed by atoms with Gasteiger partial charge in [-0.1, -0.05) is 40.9 Å². The number of halogens is 3. The standard InChI is InChI=1S/C13H9Cl3N2O/c14-8-4-7(5-9(15)6-8)13(19)18-12-10(16)2-1-3-11(12)17/h1-6H,17H2,(H,18,19). The first-order valence-electron chi connectivity index (χ1n) is 5.29. The van der Waals surface area contributed by atoms with Gasteiger partial charge in [0.15, 0.2) is 0 Å². The van der Waals surface area contributed by atoms with E-state index in [1.807, 2.05) is 0 Å². The van der Waals surface area contributed by atoms with Gasteiger partial charge in [-0.2, -0.15) is 0 Å². The van der Waals surface area contributed by atoms with E-state index in [4.69, 9.17) is 40.5 Å². The highest BCUT2D eigenvalue weighted by Crippen LogP contribution is 2.28. The number of hydrogen-bond acceptors (Lipinski definition) is 2. The van der Waals surface area contributed by atoms with Crippen LogP contribution in [0, 0.1) is 0 Å². The lowest BCUT2D eigenvalue weighted by Crippen LogP contribution is -2.13. The summed E-state index contributed by atoms with van der Waals surface area (Å²) >= 11 is 17.7. The molecule has 0 saturated heterocycles. The lowest BCUT2D eigenvalue weighted by Gasteiger charge is -2.10. The topological polar surface area (TPSA) is 55.1 Å². The number of anilines is 2. The minimum absolute atomic E-state index is 0.330. The maximum atomic E-state index is 12.1. The molecule has 19 heavy (non-hydrogen) atoms. The van der Waals surface area contributed by atoms with Gasteiger partial charge in [-0.05, 0) is 30.3 Å². The Morgan fingerprint density at radius 1 is 1.05 bits per heavy atom. The van der Waals surface area contributed by atoms with E-state index in [2.05, 4.69) is 5.32 Å². The summed E-state index contributed by atoms with van der Waals surface area (Å²) in [4.78, 5) is 12.1. The molecule has 98 valence electrons. The average Bonchev–Trinajstić information content (AvgIpc) is 2.32. The van der Waals surface area contributed by atoms with Crippen LogP contribution in [0.3, 0.4) is 0 Å². The Labute approximate surface area is 125 Å². The molecule has 0 saturated carbocycles. The lowest BCUT2D eigenvalue weighted by molar-refractivity contribution is 0.102. The molecule has 0 spiro atoms. The Bertz CT molecular complexity index is 603. The summed E-state index contributed by atoms with van der Waals surface area (Å²) in [5.74, 6) is -0.385. The first-order valence-corrected chi connectivity index (χ1v) is 6.42. The van der Waals surface area contributed by atoms with Crippen LogP contribution in [0.2, 0.25) is 15.1 Å². The summed E-state index contributed by atoms with van der Waals surface area (Å²) in [6, 6.07) is 9.55. The Kier molecular flexibility index (Phi) is 4.20. The van der Waals surface area contributed by atoms with Crippen molar-refractivity contribution >= 4 is 52.1 Å². The number of hydrogen-bond donors (Lipinski definition) is 2. The molecular weight excluding hydrogens is 307 g/mol. The van der Waals surface area contributed by atoms with Crippen molar-refractivity contribution in [1.29, 1.82) is 0 Å². The van der Waals surface area contributed by atoms with E-state index in [1.165, 1.54) is 12.1 Å². The molecule has 1 amide bonds. The highest BCUT2D eigenvalue weighted by Gasteiger charge is 2.12. The number of nitrogens with one attached hydrogen (secondary N) is 1. The summed E-state index contributed by atoms with van der Waals surface area (Å²) in [5, 5.41) is 3.76. The smallest absolute Gasteiger partial charge is 0.255 e. The molecule has 3 nitrogen and oxygen atoms in total. The molecule has 0 aliphatic carbocycles. The Hall–Kier alpha value is -1.42. The summed E-state index contributed by atoms with van der Waals surface area (Å²) < 4.78 is 0. The quantitative estimate of drug-likeness (QED) is 0.803. The van der Waals surface area contributed by atoms with Gasteiger partial charge in [0.05, 0.1) is 16.4 Å². The van der Waals surface area contributed by atoms with Gasteiger partial charge < -0.3 is 11.1 Å². The normalized spacial score (nSPS) is 10.3. The van der Waals surface area contributed by atoms with Crippen LogP contribution in [0.4, 0.5) is 11.4 Å². The van der Waals surface area contributed by atoms with Gasteiger partial charge in [0.1, 0.15) is 0 Å². The van der Waals surface area contributed by atoms with E-state index in [1.54, 1.807) is 24.3 Å². The Balaban J connectivity index is 2.31. The summed E-state index contributed by atoms with van der Waals surface area (Å²) in [6.07, 6.45) is 0. The van der Waals surface area contributed by atoms with Gasteiger partial charge in [0, 0.05) is 15.6 Å². The van der Waals surface area contributed by atoms with Crippen molar-refractivity contribution in [3.8, 4) is 0 Å². The van der Waals surface area contributed by atoms with Crippen molar-refractivity contribution in [2.45, 2.75) is 0 Å². The van der Waals surface area contributed by atoms with Gasteiger partial charge in [0.2, 0.25) is 0 Å². The number of para-hydroxylation sites is 1. The third-order valence-electron chi connectivity index (χ3n) is 2.41. The maximum Gasteiger partial charge on any atom is 0.255 e. The lowest BCUT2D eigenvalue weighted by atomic mass is 10.2. The number of nitrogen functional groups attached to an aromatic ring is 1. The van der Waals surface area contributed by atoms with Crippen LogP contribution in [-0.2, 0) is 0 Å². The molecule has 2 rings (SSSR count). The molecule has 0 aliphatic heterocycles. The molecule has 0 heterocycles. The van der Waals surface area contributed by atoms with Gasteiger partial charge in [-0.25, -0.2) is 0 Å². The summed E-state index contributed by atoms with van der Waals surface area (Å²) in [5.41, 5.74) is 6.84. The molecule has 0 fully saturated rings. The minimum atomic E-state index is -0.385. The second kappa shape index (κ2) is 5.70. The molecule has 0 bridgehead atoms. The van der Waals surface area contributed by atoms with Crippen molar-refractivity contribution in [3.63, 3.8) is 0 Å². The summed E-state index contributed by atoms with van der Waals surface area (Å²) in [6.45, 7) is 0. The SMILES string of the molecule is Nc1cccc(Cl)c1NC(=O)c1cc(Cl)cc(Cl)c1. The molecule has 0 aliphatic rings. The van der Waals surface area contributed by atoms with E-state index in [-0.39, 0.29) is 5.91 Å². The zero-order chi connectivity index (χ0) is 14.0. The second-order valence-electron chi connectivity index (χ2n) is 3.82. The number of amides is 1. The average molecular weight is 316 g/mol. The van der Waals surface area contributed by atoms with Crippen LogP contribution in [-0.4, -0.2) is 5.91 Å². The molecule has 0 aromatic heterocycles. The van der Waals surface area contributed by atoms with Crippen molar-refractivity contribution in [1.82, 2.24) is 0 Å². The molecular formula is C13H9Cl3N2O. The Morgan fingerprint density at radius 2 is 1.68 bits per heavy atom. The van der Waals surface area contributed by atoms with Crippen LogP contribution < -0.4 is 11.1 Å². The zero-order valence-electron chi connectivity index (χ0n) is 9.58. The predicted molar refractivity (Wildman–Crippen MR) is 80.3 cm³/mol. The highest BCUT2D eigenvalue weighted by molar-refractivity contribution is 6.36. The molecule has 2 aromatic carbocycles. The van der Waals surface area contributed by atoms with E-state index in [0.717, 1.165) is 0 Å². The van der Waals surface area contributed by atoms with Crippen LogP contribution in [0.15, 0.2) is 36.4 Å². The van der Waals surface area contributed by atoms with Crippen molar-refractivity contribution in [3.05, 3.63) is 57.0 Å². The molecule has 0 unspecified atom stereocenters. The van der Waals surface area contributed by atoms with E-state index in [9.17, 15) is 4.79 Å². The highest BCUT2D eigenvalue weighted by atomic mass is 35.5. The zero-order valence-corrected chi connectivity index (χ0v) is 11.9. The first kappa shape index (κ1) is 14.0. The fraction of sp³-hybridized carbons (Fsp3) is 0. The second-order valence-corrected chi connectivity index (χ2v) is 5.10. The molecule has 2 aromatic rings. The van der Waals surface area contributed by atoms with Crippen LogP contribution in [0.25, 0.3) is 0 Å². The molecule has 0 atom stereocenters. The largest absolute Gasteiger partial charge is 0.397 e. The van der Waals surface area contributed by atoms with Crippen molar-refractivity contribution in [2.24, 2.45) is 0 Å². The molecule has 6 heteroatoms. The van der Waals surface area contributed by atoms with E-state index < -0.39 is 0 Å². The van der Waals surface area contributed by atoms with Crippen LogP contribution in [0.1, 0.15) is 10.4 Å². The maximum absolute atomic E-state index is 12.1. The number of carbonyl (C=O) groups excluding carboxylic acids is 1.